The van der Waals surface area contributed by atoms with Crippen LogP contribution in [0.15, 0.2) is 47.6 Å². The number of nitrogens with zero attached hydrogens (tertiary/aromatic N) is 1. The van der Waals surface area contributed by atoms with E-state index in [4.69, 9.17) is 11.6 Å². The number of ketones is 1. The van der Waals surface area contributed by atoms with Crippen LogP contribution in [-0.2, 0) is 14.8 Å². The molecule has 0 aliphatic heterocycles. The fourth-order valence-electron chi connectivity index (χ4n) is 1.99. The minimum absolute atomic E-state index is 0.0860. The van der Waals surface area contributed by atoms with Crippen molar-refractivity contribution in [3.8, 4) is 0 Å². The van der Waals surface area contributed by atoms with Gasteiger partial charge >= 0.3 is 0 Å². The average Bonchev–Trinajstić information content (AvgIpc) is 2.52. The van der Waals surface area contributed by atoms with Crippen LogP contribution >= 0.6 is 11.6 Å². The lowest BCUT2D eigenvalue weighted by molar-refractivity contribution is -0.114. The molecule has 25 heavy (non-hydrogen) atoms. The lowest BCUT2D eigenvalue weighted by atomic mass is 10.1. The molecular formula is C17H15ClN2O4S. The molecule has 1 aromatic carbocycles. The highest BCUT2D eigenvalue weighted by Crippen LogP contribution is 2.22. The van der Waals surface area contributed by atoms with E-state index >= 15 is 0 Å². The van der Waals surface area contributed by atoms with E-state index in [2.05, 4.69) is 4.98 Å². The Balaban J connectivity index is 2.22. The van der Waals surface area contributed by atoms with Crippen molar-refractivity contribution >= 4 is 39.4 Å². The molecule has 0 aliphatic carbocycles. The van der Waals surface area contributed by atoms with Gasteiger partial charge < -0.3 is 0 Å². The number of hydrogen-bond donors (Lipinski definition) is 1. The Kier molecular flexibility index (Phi) is 5.71. The number of aromatic nitrogens is 1. The van der Waals surface area contributed by atoms with Crippen LogP contribution in [0.1, 0.15) is 28.4 Å². The van der Waals surface area contributed by atoms with Gasteiger partial charge in [-0.25, -0.2) is 13.1 Å². The number of carbonyl (C=O) groups is 2. The first-order valence-electron chi connectivity index (χ1n) is 7.16. The molecule has 0 saturated heterocycles. The summed E-state index contributed by atoms with van der Waals surface area (Å²) >= 11 is 5.89. The van der Waals surface area contributed by atoms with E-state index < -0.39 is 15.9 Å². The maximum atomic E-state index is 12.3. The number of amides is 1. The third-order valence-corrected chi connectivity index (χ3v) is 5.01. The topological polar surface area (TPSA) is 93.2 Å². The van der Waals surface area contributed by atoms with Gasteiger partial charge in [0.1, 0.15) is 4.90 Å². The lowest BCUT2D eigenvalue weighted by Crippen LogP contribution is -2.29. The molecule has 0 aliphatic rings. The second-order valence-corrected chi connectivity index (χ2v) is 7.36. The van der Waals surface area contributed by atoms with Gasteiger partial charge in [-0.05, 0) is 55.3 Å². The highest BCUT2D eigenvalue weighted by molar-refractivity contribution is 7.90. The average molecular weight is 379 g/mol. The molecule has 130 valence electrons. The maximum Gasteiger partial charge on any atom is 0.265 e. The number of nitrogens with one attached hydrogen (secondary N) is 1. The van der Waals surface area contributed by atoms with E-state index in [0.717, 1.165) is 17.7 Å². The van der Waals surface area contributed by atoms with Gasteiger partial charge in [0.05, 0.1) is 5.02 Å². The van der Waals surface area contributed by atoms with Crippen molar-refractivity contribution in [2.24, 2.45) is 0 Å². The van der Waals surface area contributed by atoms with Gasteiger partial charge in [0, 0.05) is 24.0 Å². The molecule has 2 rings (SSSR count). The Morgan fingerprint density at radius 3 is 2.56 bits per heavy atom. The summed E-state index contributed by atoms with van der Waals surface area (Å²) in [6, 6.07) is 5.63. The molecular weight excluding hydrogens is 364 g/mol. The van der Waals surface area contributed by atoms with Gasteiger partial charge in [-0.3, -0.25) is 14.6 Å². The zero-order valence-electron chi connectivity index (χ0n) is 13.5. The minimum Gasteiger partial charge on any atom is -0.295 e. The highest BCUT2D eigenvalue weighted by atomic mass is 35.5. The van der Waals surface area contributed by atoms with Crippen LogP contribution in [0.5, 0.6) is 0 Å². The molecule has 0 spiro atoms. The molecule has 1 heterocycles. The quantitative estimate of drug-likeness (QED) is 0.637. The van der Waals surface area contributed by atoms with Crippen molar-refractivity contribution in [2.45, 2.75) is 18.7 Å². The van der Waals surface area contributed by atoms with Crippen molar-refractivity contribution < 1.29 is 18.0 Å². The smallest absolute Gasteiger partial charge is 0.265 e. The number of carbonyl (C=O) groups excluding carboxylic acids is 2. The van der Waals surface area contributed by atoms with Gasteiger partial charge in [0.25, 0.3) is 15.9 Å². The number of hydrogen-bond acceptors (Lipinski definition) is 5. The molecule has 0 saturated carbocycles. The van der Waals surface area contributed by atoms with Gasteiger partial charge in [0.15, 0.2) is 5.78 Å². The number of Topliss-reactive ketones (excluding diaryl/α,β-unsaturated/α-hetero) is 1. The van der Waals surface area contributed by atoms with Crippen molar-refractivity contribution in [3.05, 3.63) is 64.4 Å². The summed E-state index contributed by atoms with van der Waals surface area (Å²) in [7, 11) is -4.21. The van der Waals surface area contributed by atoms with Crippen LogP contribution in [0.3, 0.4) is 0 Å². The Bertz CT molecular complexity index is 968. The third kappa shape index (κ3) is 4.98. The van der Waals surface area contributed by atoms with Crippen LogP contribution < -0.4 is 4.72 Å². The van der Waals surface area contributed by atoms with Crippen LogP contribution in [0.25, 0.3) is 6.08 Å². The molecule has 0 atom stereocenters. The SMILES string of the molecule is CC(=O)c1ccc(Cl)c(S(=O)(=O)NC(=O)C=Cc2cncc(C)c2)c1. The van der Waals surface area contributed by atoms with Gasteiger partial charge in [-0.1, -0.05) is 11.6 Å². The summed E-state index contributed by atoms with van der Waals surface area (Å²) < 4.78 is 26.6. The summed E-state index contributed by atoms with van der Waals surface area (Å²) in [6.45, 7) is 3.15. The largest absolute Gasteiger partial charge is 0.295 e. The second-order valence-electron chi connectivity index (χ2n) is 5.30. The number of halogens is 1. The number of aryl methyl sites for hydroxylation is 1. The zero-order chi connectivity index (χ0) is 18.6. The minimum atomic E-state index is -4.21. The Hall–Kier alpha value is -2.51. The summed E-state index contributed by atoms with van der Waals surface area (Å²) in [5, 5.41) is -0.0860. The first kappa shape index (κ1) is 18.8. The van der Waals surface area contributed by atoms with Crippen LogP contribution in [0.4, 0.5) is 0 Å². The molecule has 0 radical (unpaired) electrons. The van der Waals surface area contributed by atoms with Crippen LogP contribution in [-0.4, -0.2) is 25.1 Å². The predicted octanol–water partition coefficient (Wildman–Crippen LogP) is 2.76. The molecule has 8 heteroatoms. The summed E-state index contributed by atoms with van der Waals surface area (Å²) in [4.78, 5) is 27.0. The first-order chi connectivity index (χ1) is 11.7. The molecule has 0 unspecified atom stereocenters. The fourth-order valence-corrected chi connectivity index (χ4v) is 3.46. The zero-order valence-corrected chi connectivity index (χ0v) is 15.1. The van der Waals surface area contributed by atoms with Crippen molar-refractivity contribution in [1.82, 2.24) is 9.71 Å². The van der Waals surface area contributed by atoms with Crippen LogP contribution in [0, 0.1) is 6.92 Å². The second kappa shape index (κ2) is 7.58. The Morgan fingerprint density at radius 2 is 1.92 bits per heavy atom. The monoisotopic (exact) mass is 378 g/mol. The molecule has 1 N–H and O–H groups in total. The fraction of sp³-hybridized carbons (Fsp3) is 0.118. The maximum absolute atomic E-state index is 12.3. The Labute approximate surface area is 150 Å². The molecule has 0 bridgehead atoms. The van der Waals surface area contributed by atoms with Gasteiger partial charge in [0.2, 0.25) is 0 Å². The predicted molar refractivity (Wildman–Crippen MR) is 94.8 cm³/mol. The molecule has 1 aromatic heterocycles. The molecule has 1 amide bonds. The van der Waals surface area contributed by atoms with Gasteiger partial charge in [-0.15, -0.1) is 0 Å². The standard InChI is InChI=1S/C17H15ClN2O4S/c1-11-7-13(10-19-9-11)3-6-17(22)20-25(23,24)16-8-14(12(2)21)4-5-15(16)18/h3-10H,1-2H3,(H,20,22). The van der Waals surface area contributed by atoms with E-state index in [9.17, 15) is 18.0 Å². The normalized spacial score (nSPS) is 11.5. The van der Waals surface area contributed by atoms with Crippen molar-refractivity contribution in [1.29, 1.82) is 0 Å². The summed E-state index contributed by atoms with van der Waals surface area (Å²) in [6.07, 6.45) is 5.72. The third-order valence-electron chi connectivity index (χ3n) is 3.19. The van der Waals surface area contributed by atoms with Crippen molar-refractivity contribution in [2.75, 3.05) is 0 Å². The lowest BCUT2D eigenvalue weighted by Gasteiger charge is -2.08. The van der Waals surface area contributed by atoms with E-state index in [-0.39, 0.29) is 21.3 Å². The molecule has 2 aromatic rings. The highest BCUT2D eigenvalue weighted by Gasteiger charge is 2.21. The van der Waals surface area contributed by atoms with Crippen molar-refractivity contribution in [3.63, 3.8) is 0 Å². The first-order valence-corrected chi connectivity index (χ1v) is 9.02. The molecule has 6 nitrogen and oxygen atoms in total. The molecule has 0 fully saturated rings. The van der Waals surface area contributed by atoms with E-state index in [1.54, 1.807) is 18.5 Å². The van der Waals surface area contributed by atoms with Crippen LogP contribution in [0.2, 0.25) is 5.02 Å². The number of sulfonamides is 1. The number of pyridine rings is 1. The number of benzene rings is 1. The number of rotatable bonds is 5. The van der Waals surface area contributed by atoms with E-state index in [1.165, 1.54) is 25.1 Å². The summed E-state index contributed by atoms with van der Waals surface area (Å²) in [5.74, 6) is -1.16. The Morgan fingerprint density at radius 1 is 1.20 bits per heavy atom. The summed E-state index contributed by atoms with van der Waals surface area (Å²) in [5.41, 5.74) is 1.74. The van der Waals surface area contributed by atoms with E-state index in [1.807, 2.05) is 11.6 Å². The van der Waals surface area contributed by atoms with Gasteiger partial charge in [-0.2, -0.15) is 0 Å². The van der Waals surface area contributed by atoms with E-state index in [0.29, 0.717) is 5.56 Å².